The van der Waals surface area contributed by atoms with E-state index in [0.29, 0.717) is 23.8 Å². The summed E-state index contributed by atoms with van der Waals surface area (Å²) in [4.78, 5) is 16.9. The SMILES string of the molecule is Cn1nc(C(=O)NCc2nc(Cc3ccccc3)no2)c2c1CCCC2. The molecular weight excluding hydrogens is 330 g/mol. The summed E-state index contributed by atoms with van der Waals surface area (Å²) in [5.74, 6) is 0.816. The van der Waals surface area contributed by atoms with Gasteiger partial charge < -0.3 is 9.84 Å². The van der Waals surface area contributed by atoms with Crippen LogP contribution in [-0.4, -0.2) is 25.8 Å². The fraction of sp³-hybridized carbons (Fsp3) is 0.368. The van der Waals surface area contributed by atoms with Crippen LogP contribution < -0.4 is 5.32 Å². The molecule has 1 amide bonds. The minimum atomic E-state index is -0.188. The average Bonchev–Trinajstić information content (AvgIpc) is 3.25. The van der Waals surface area contributed by atoms with Crippen LogP contribution in [0.25, 0.3) is 0 Å². The zero-order valence-electron chi connectivity index (χ0n) is 14.7. The van der Waals surface area contributed by atoms with Gasteiger partial charge in [0.05, 0.1) is 6.54 Å². The van der Waals surface area contributed by atoms with Gasteiger partial charge in [-0.2, -0.15) is 10.1 Å². The summed E-state index contributed by atoms with van der Waals surface area (Å²) in [6.45, 7) is 0.200. The van der Waals surface area contributed by atoms with Crippen molar-refractivity contribution in [3.05, 3.63) is 64.6 Å². The predicted octanol–water partition coefficient (Wildman–Crippen LogP) is 2.20. The Kier molecular flexibility index (Phi) is 4.51. The molecule has 0 saturated heterocycles. The molecule has 7 heteroatoms. The van der Waals surface area contributed by atoms with Gasteiger partial charge in [0.2, 0.25) is 5.89 Å². The molecule has 134 valence electrons. The van der Waals surface area contributed by atoms with Gasteiger partial charge in [-0.25, -0.2) is 0 Å². The van der Waals surface area contributed by atoms with Crippen LogP contribution in [0.3, 0.4) is 0 Å². The summed E-state index contributed by atoms with van der Waals surface area (Å²) in [7, 11) is 1.90. The van der Waals surface area contributed by atoms with Crippen molar-refractivity contribution in [3.8, 4) is 0 Å². The number of nitrogens with one attached hydrogen (secondary N) is 1. The molecule has 0 spiro atoms. The Morgan fingerprint density at radius 1 is 1.23 bits per heavy atom. The van der Waals surface area contributed by atoms with Crippen LogP contribution in [0.4, 0.5) is 0 Å². The third-order valence-electron chi connectivity index (χ3n) is 4.70. The molecule has 0 unspecified atom stereocenters. The van der Waals surface area contributed by atoms with Crippen molar-refractivity contribution in [1.82, 2.24) is 25.2 Å². The molecule has 3 aromatic rings. The van der Waals surface area contributed by atoms with Crippen LogP contribution in [-0.2, 0) is 32.9 Å². The van der Waals surface area contributed by atoms with E-state index in [9.17, 15) is 4.79 Å². The molecule has 1 aliphatic carbocycles. The van der Waals surface area contributed by atoms with Gasteiger partial charge >= 0.3 is 0 Å². The molecule has 1 aliphatic rings. The Bertz CT molecular complexity index is 913. The quantitative estimate of drug-likeness (QED) is 0.762. The zero-order valence-corrected chi connectivity index (χ0v) is 14.7. The predicted molar refractivity (Wildman–Crippen MR) is 94.6 cm³/mol. The lowest BCUT2D eigenvalue weighted by molar-refractivity contribution is 0.0939. The third-order valence-corrected chi connectivity index (χ3v) is 4.70. The first-order valence-corrected chi connectivity index (χ1v) is 8.89. The molecule has 0 fully saturated rings. The minimum Gasteiger partial charge on any atom is -0.342 e. The lowest BCUT2D eigenvalue weighted by Gasteiger charge is -2.12. The summed E-state index contributed by atoms with van der Waals surface area (Å²) >= 11 is 0. The molecule has 0 atom stereocenters. The molecule has 1 N–H and O–H groups in total. The fourth-order valence-electron chi connectivity index (χ4n) is 3.41. The van der Waals surface area contributed by atoms with Crippen LogP contribution in [0, 0.1) is 0 Å². The van der Waals surface area contributed by atoms with Gasteiger partial charge in [0.1, 0.15) is 0 Å². The second-order valence-corrected chi connectivity index (χ2v) is 6.55. The van der Waals surface area contributed by atoms with Crippen molar-refractivity contribution in [2.24, 2.45) is 7.05 Å². The summed E-state index contributed by atoms with van der Waals surface area (Å²) < 4.78 is 7.07. The molecule has 26 heavy (non-hydrogen) atoms. The number of hydrogen-bond donors (Lipinski definition) is 1. The van der Waals surface area contributed by atoms with Gasteiger partial charge in [-0.15, -0.1) is 0 Å². The Morgan fingerprint density at radius 3 is 2.88 bits per heavy atom. The van der Waals surface area contributed by atoms with E-state index in [0.717, 1.165) is 36.8 Å². The molecule has 0 bridgehead atoms. The number of aromatic nitrogens is 4. The number of carbonyl (C=O) groups is 1. The van der Waals surface area contributed by atoms with Crippen molar-refractivity contribution in [1.29, 1.82) is 0 Å². The molecule has 4 rings (SSSR count). The van der Waals surface area contributed by atoms with Gasteiger partial charge in [-0.3, -0.25) is 9.48 Å². The maximum atomic E-state index is 12.5. The standard InChI is InChI=1S/C19H21N5O2/c1-24-15-10-6-5-9-14(15)18(22-24)19(25)20-12-17-21-16(23-26-17)11-13-7-3-2-4-8-13/h2-4,7-8H,5-6,9-12H2,1H3,(H,20,25). The number of fused-ring (bicyclic) bond motifs is 1. The van der Waals surface area contributed by atoms with Crippen LogP contribution in [0.15, 0.2) is 34.9 Å². The number of rotatable bonds is 5. The summed E-state index contributed by atoms with van der Waals surface area (Å²) in [5, 5.41) is 11.2. The minimum absolute atomic E-state index is 0.188. The smallest absolute Gasteiger partial charge is 0.272 e. The van der Waals surface area contributed by atoms with Crippen LogP contribution in [0.1, 0.15) is 51.9 Å². The summed E-state index contributed by atoms with van der Waals surface area (Å²) in [6.07, 6.45) is 4.75. The van der Waals surface area contributed by atoms with E-state index in [2.05, 4.69) is 20.6 Å². The monoisotopic (exact) mass is 351 g/mol. The van der Waals surface area contributed by atoms with E-state index in [1.165, 1.54) is 5.69 Å². The highest BCUT2D eigenvalue weighted by Crippen LogP contribution is 2.23. The van der Waals surface area contributed by atoms with Crippen LogP contribution in [0.2, 0.25) is 0 Å². The highest BCUT2D eigenvalue weighted by Gasteiger charge is 2.23. The number of hydrogen-bond acceptors (Lipinski definition) is 5. The number of carbonyl (C=O) groups excluding carboxylic acids is 1. The van der Waals surface area contributed by atoms with Crippen molar-refractivity contribution < 1.29 is 9.32 Å². The molecule has 0 saturated carbocycles. The lowest BCUT2D eigenvalue weighted by atomic mass is 9.95. The van der Waals surface area contributed by atoms with Gasteiger partial charge in [0, 0.05) is 24.7 Å². The number of amides is 1. The van der Waals surface area contributed by atoms with Crippen LogP contribution >= 0.6 is 0 Å². The van der Waals surface area contributed by atoms with E-state index in [-0.39, 0.29) is 12.5 Å². The number of benzene rings is 1. The largest absolute Gasteiger partial charge is 0.342 e. The third kappa shape index (κ3) is 3.37. The highest BCUT2D eigenvalue weighted by atomic mass is 16.5. The molecule has 0 radical (unpaired) electrons. The second kappa shape index (κ2) is 7.11. The average molecular weight is 351 g/mol. The number of aryl methyl sites for hydroxylation is 1. The van der Waals surface area contributed by atoms with Gasteiger partial charge in [-0.1, -0.05) is 35.5 Å². The van der Waals surface area contributed by atoms with Crippen molar-refractivity contribution in [2.45, 2.75) is 38.6 Å². The molecule has 2 heterocycles. The maximum absolute atomic E-state index is 12.5. The van der Waals surface area contributed by atoms with E-state index in [1.54, 1.807) is 0 Å². The second-order valence-electron chi connectivity index (χ2n) is 6.55. The maximum Gasteiger partial charge on any atom is 0.272 e. The zero-order chi connectivity index (χ0) is 17.9. The highest BCUT2D eigenvalue weighted by molar-refractivity contribution is 5.94. The van der Waals surface area contributed by atoms with E-state index in [1.807, 2.05) is 42.1 Å². The molecule has 1 aromatic carbocycles. The van der Waals surface area contributed by atoms with Crippen molar-refractivity contribution >= 4 is 5.91 Å². The van der Waals surface area contributed by atoms with E-state index in [4.69, 9.17) is 4.52 Å². The Labute approximate surface area is 151 Å². The fourth-order valence-corrected chi connectivity index (χ4v) is 3.41. The normalized spacial score (nSPS) is 13.4. The van der Waals surface area contributed by atoms with Gasteiger partial charge in [0.25, 0.3) is 5.91 Å². The Balaban J connectivity index is 1.39. The Morgan fingerprint density at radius 2 is 2.04 bits per heavy atom. The number of nitrogens with zero attached hydrogens (tertiary/aromatic N) is 4. The van der Waals surface area contributed by atoms with E-state index < -0.39 is 0 Å². The van der Waals surface area contributed by atoms with Crippen LogP contribution in [0.5, 0.6) is 0 Å². The molecule has 7 nitrogen and oxygen atoms in total. The summed E-state index contributed by atoms with van der Waals surface area (Å²) in [6, 6.07) is 9.95. The summed E-state index contributed by atoms with van der Waals surface area (Å²) in [5.41, 5.74) is 3.88. The Hall–Kier alpha value is -2.96. The van der Waals surface area contributed by atoms with Crippen molar-refractivity contribution in [3.63, 3.8) is 0 Å². The first kappa shape index (κ1) is 16.5. The first-order valence-electron chi connectivity index (χ1n) is 8.89. The first-order chi connectivity index (χ1) is 12.7. The van der Waals surface area contributed by atoms with Crippen molar-refractivity contribution in [2.75, 3.05) is 0 Å². The van der Waals surface area contributed by atoms with E-state index >= 15 is 0 Å². The van der Waals surface area contributed by atoms with Gasteiger partial charge in [-0.05, 0) is 31.2 Å². The molecule has 2 aromatic heterocycles. The molecular formula is C19H21N5O2. The molecule has 0 aliphatic heterocycles. The lowest BCUT2D eigenvalue weighted by Crippen LogP contribution is -2.25. The van der Waals surface area contributed by atoms with Gasteiger partial charge in [0.15, 0.2) is 11.5 Å². The topological polar surface area (TPSA) is 85.8 Å².